The number of thiophene rings is 1. The van der Waals surface area contributed by atoms with Crippen molar-refractivity contribution in [1.29, 1.82) is 0 Å². The number of carbonyl (C=O) groups excluding carboxylic acids is 2. The second kappa shape index (κ2) is 10.0. The van der Waals surface area contributed by atoms with Crippen LogP contribution in [-0.4, -0.2) is 47.9 Å². The number of benzene rings is 1. The lowest BCUT2D eigenvalue weighted by Gasteiger charge is -2.37. The van der Waals surface area contributed by atoms with E-state index in [1.54, 1.807) is 28.4 Å². The van der Waals surface area contributed by atoms with Crippen molar-refractivity contribution in [2.45, 2.75) is 45.6 Å². The molecule has 0 radical (unpaired) electrons. The van der Waals surface area contributed by atoms with Gasteiger partial charge in [-0.2, -0.15) is 0 Å². The van der Waals surface area contributed by atoms with E-state index in [-0.39, 0.29) is 42.7 Å². The van der Waals surface area contributed by atoms with Crippen LogP contribution in [0.4, 0.5) is 4.39 Å². The largest absolute Gasteiger partial charge is 0.491 e. The first kappa shape index (κ1) is 22.8. The molecule has 0 N–H and O–H groups in total. The van der Waals surface area contributed by atoms with Crippen molar-refractivity contribution >= 4 is 23.2 Å². The first-order chi connectivity index (χ1) is 15.4. The van der Waals surface area contributed by atoms with E-state index in [1.807, 2.05) is 30.2 Å². The van der Waals surface area contributed by atoms with Gasteiger partial charge in [0.1, 0.15) is 18.2 Å². The Balaban J connectivity index is 1.48. The number of hydrogen-bond donors (Lipinski definition) is 0. The standard InChI is InChI=1S/C25H31FN2O3S/c1-17(2)12-24(29)27(14-18-6-7-18)15-25(30)28-10-8-23-21(9-11-32-23)22(28)16-31-20-5-3-4-19(26)13-20/h3-5,9,11,13,17-18,22H,6-8,10,12,14-16H2,1-2H3/t22-/m0/s1. The Morgan fingerprint density at radius 3 is 2.81 bits per heavy atom. The summed E-state index contributed by atoms with van der Waals surface area (Å²) in [6.07, 6.45) is 3.52. The summed E-state index contributed by atoms with van der Waals surface area (Å²) in [5.74, 6) is 0.885. The molecule has 0 saturated heterocycles. The number of nitrogens with zero attached hydrogens (tertiary/aromatic N) is 2. The van der Waals surface area contributed by atoms with Crippen LogP contribution in [0.15, 0.2) is 35.7 Å². The summed E-state index contributed by atoms with van der Waals surface area (Å²) in [6.45, 7) is 5.67. The molecular formula is C25H31FN2O3S. The third kappa shape index (κ3) is 5.68. The zero-order valence-corrected chi connectivity index (χ0v) is 19.6. The first-order valence-electron chi connectivity index (χ1n) is 11.4. The molecule has 172 valence electrons. The summed E-state index contributed by atoms with van der Waals surface area (Å²) in [4.78, 5) is 31.1. The maximum atomic E-state index is 13.6. The fraction of sp³-hybridized carbons (Fsp3) is 0.520. The van der Waals surface area contributed by atoms with Crippen molar-refractivity contribution in [3.8, 4) is 5.75 Å². The van der Waals surface area contributed by atoms with Gasteiger partial charge >= 0.3 is 0 Å². The summed E-state index contributed by atoms with van der Waals surface area (Å²) in [5.41, 5.74) is 1.09. The molecule has 7 heteroatoms. The number of halogens is 1. The summed E-state index contributed by atoms with van der Waals surface area (Å²) in [6, 6.07) is 7.86. The average Bonchev–Trinajstić information content (AvgIpc) is 3.43. The number of carbonyl (C=O) groups is 2. The molecule has 2 aliphatic rings. The highest BCUT2D eigenvalue weighted by Gasteiger charge is 2.35. The molecule has 1 aromatic heterocycles. The predicted molar refractivity (Wildman–Crippen MR) is 123 cm³/mol. The van der Waals surface area contributed by atoms with Crippen LogP contribution in [0, 0.1) is 17.7 Å². The molecule has 4 rings (SSSR count). The van der Waals surface area contributed by atoms with Crippen LogP contribution >= 0.6 is 11.3 Å². The molecule has 0 spiro atoms. The van der Waals surface area contributed by atoms with E-state index < -0.39 is 0 Å². The van der Waals surface area contributed by atoms with Crippen molar-refractivity contribution in [2.75, 3.05) is 26.2 Å². The van der Waals surface area contributed by atoms with Crippen molar-refractivity contribution in [3.63, 3.8) is 0 Å². The zero-order chi connectivity index (χ0) is 22.7. The first-order valence-corrected chi connectivity index (χ1v) is 12.3. The fourth-order valence-electron chi connectivity index (χ4n) is 4.21. The van der Waals surface area contributed by atoms with Gasteiger partial charge in [0, 0.05) is 30.5 Å². The molecule has 1 aromatic carbocycles. The van der Waals surface area contributed by atoms with Crippen molar-refractivity contribution in [1.82, 2.24) is 9.80 Å². The maximum Gasteiger partial charge on any atom is 0.242 e. The molecular weight excluding hydrogens is 427 g/mol. The zero-order valence-electron chi connectivity index (χ0n) is 18.8. The second-order valence-corrected chi connectivity index (χ2v) is 10.2. The molecule has 2 amide bonds. The van der Waals surface area contributed by atoms with E-state index in [0.29, 0.717) is 31.2 Å². The third-order valence-electron chi connectivity index (χ3n) is 6.06. The third-order valence-corrected chi connectivity index (χ3v) is 7.05. The molecule has 1 saturated carbocycles. The quantitative estimate of drug-likeness (QED) is 0.548. The molecule has 2 heterocycles. The lowest BCUT2D eigenvalue weighted by Crippen LogP contribution is -2.48. The summed E-state index contributed by atoms with van der Waals surface area (Å²) >= 11 is 1.69. The van der Waals surface area contributed by atoms with Gasteiger partial charge in [-0.3, -0.25) is 9.59 Å². The van der Waals surface area contributed by atoms with E-state index >= 15 is 0 Å². The lowest BCUT2D eigenvalue weighted by molar-refractivity contribution is -0.143. The highest BCUT2D eigenvalue weighted by Crippen LogP contribution is 2.34. The van der Waals surface area contributed by atoms with Gasteiger partial charge in [-0.1, -0.05) is 19.9 Å². The molecule has 1 aliphatic carbocycles. The number of fused-ring (bicyclic) bond motifs is 1. The highest BCUT2D eigenvalue weighted by atomic mass is 32.1. The topological polar surface area (TPSA) is 49.9 Å². The van der Waals surface area contributed by atoms with Gasteiger partial charge in [0.25, 0.3) is 0 Å². The van der Waals surface area contributed by atoms with Crippen molar-refractivity contribution in [3.05, 3.63) is 52.0 Å². The monoisotopic (exact) mass is 458 g/mol. The molecule has 1 fully saturated rings. The van der Waals surface area contributed by atoms with Crippen LogP contribution < -0.4 is 4.74 Å². The van der Waals surface area contributed by atoms with Gasteiger partial charge in [0.2, 0.25) is 11.8 Å². The summed E-state index contributed by atoms with van der Waals surface area (Å²) < 4.78 is 19.5. The van der Waals surface area contributed by atoms with E-state index in [1.165, 1.54) is 17.0 Å². The highest BCUT2D eigenvalue weighted by molar-refractivity contribution is 7.10. The number of ether oxygens (including phenoxy) is 1. The Labute approximate surface area is 193 Å². The van der Waals surface area contributed by atoms with Gasteiger partial charge in [0.15, 0.2) is 0 Å². The SMILES string of the molecule is CC(C)CC(=O)N(CC(=O)N1CCc2sccc2[C@@H]1COc1cccc(F)c1)CC1CC1. The van der Waals surface area contributed by atoms with Crippen molar-refractivity contribution in [2.24, 2.45) is 11.8 Å². The van der Waals surface area contributed by atoms with E-state index in [4.69, 9.17) is 4.74 Å². The van der Waals surface area contributed by atoms with Crippen LogP contribution in [0.25, 0.3) is 0 Å². The van der Waals surface area contributed by atoms with Gasteiger partial charge in [0.05, 0.1) is 12.6 Å². The molecule has 32 heavy (non-hydrogen) atoms. The summed E-state index contributed by atoms with van der Waals surface area (Å²) in [5, 5.41) is 2.04. The maximum absolute atomic E-state index is 13.6. The normalized spacial score (nSPS) is 17.9. The van der Waals surface area contributed by atoms with Crippen LogP contribution in [0.2, 0.25) is 0 Å². The molecule has 1 atom stereocenters. The fourth-order valence-corrected chi connectivity index (χ4v) is 5.13. The smallest absolute Gasteiger partial charge is 0.242 e. The Kier molecular flexibility index (Phi) is 7.13. The Bertz CT molecular complexity index is 956. The van der Waals surface area contributed by atoms with Crippen LogP contribution in [0.5, 0.6) is 5.75 Å². The van der Waals surface area contributed by atoms with E-state index in [2.05, 4.69) is 0 Å². The Morgan fingerprint density at radius 1 is 1.28 bits per heavy atom. The van der Waals surface area contributed by atoms with Crippen LogP contribution in [0.1, 0.15) is 49.6 Å². The van der Waals surface area contributed by atoms with E-state index in [0.717, 1.165) is 24.8 Å². The number of hydrogen-bond acceptors (Lipinski definition) is 4. The van der Waals surface area contributed by atoms with Crippen LogP contribution in [-0.2, 0) is 16.0 Å². The lowest BCUT2D eigenvalue weighted by atomic mass is 10.00. The molecule has 0 unspecified atom stereocenters. The minimum atomic E-state index is -0.352. The average molecular weight is 459 g/mol. The van der Waals surface area contributed by atoms with Gasteiger partial charge < -0.3 is 14.5 Å². The number of rotatable bonds is 9. The predicted octanol–water partition coefficient (Wildman–Crippen LogP) is 4.68. The van der Waals surface area contributed by atoms with Crippen molar-refractivity contribution < 1.29 is 18.7 Å². The molecule has 1 aliphatic heterocycles. The van der Waals surface area contributed by atoms with Gasteiger partial charge in [-0.25, -0.2) is 4.39 Å². The minimum absolute atomic E-state index is 0.0487. The minimum Gasteiger partial charge on any atom is -0.491 e. The van der Waals surface area contributed by atoms with Gasteiger partial charge in [-0.15, -0.1) is 11.3 Å². The molecule has 0 bridgehead atoms. The molecule has 5 nitrogen and oxygen atoms in total. The van der Waals surface area contributed by atoms with Gasteiger partial charge in [-0.05, 0) is 60.2 Å². The number of amides is 2. The Hall–Kier alpha value is -2.41. The Morgan fingerprint density at radius 2 is 2.09 bits per heavy atom. The molecule has 2 aromatic rings. The second-order valence-electron chi connectivity index (χ2n) is 9.24. The summed E-state index contributed by atoms with van der Waals surface area (Å²) in [7, 11) is 0. The van der Waals surface area contributed by atoms with Crippen LogP contribution in [0.3, 0.4) is 0 Å². The van der Waals surface area contributed by atoms with E-state index in [9.17, 15) is 14.0 Å².